The molecule has 0 saturated carbocycles. The quantitative estimate of drug-likeness (QED) is 0.152. The molecule has 0 saturated heterocycles. The van der Waals surface area contributed by atoms with Crippen LogP contribution in [0, 0.1) is 0 Å². The largest absolute Gasteiger partial charge is 0.456 e. The normalized spacial score (nSPS) is 11.7. The molecule has 350 valence electrons. The van der Waals surface area contributed by atoms with E-state index in [2.05, 4.69) is 211 Å². The molecular formula is C69H42N4O2. The van der Waals surface area contributed by atoms with Crippen molar-refractivity contribution in [3.63, 3.8) is 0 Å². The third kappa shape index (κ3) is 7.30. The molecule has 0 N–H and O–H groups in total. The molecule has 0 bridgehead atoms. The third-order valence-corrected chi connectivity index (χ3v) is 14.7. The van der Waals surface area contributed by atoms with Crippen LogP contribution >= 0.6 is 0 Å². The van der Waals surface area contributed by atoms with Crippen LogP contribution in [0.15, 0.2) is 264 Å². The maximum atomic E-state index is 6.68. The molecule has 15 rings (SSSR count). The molecule has 11 aromatic carbocycles. The van der Waals surface area contributed by atoms with Crippen molar-refractivity contribution in [2.75, 3.05) is 0 Å². The fraction of sp³-hybridized carbons (Fsp3) is 0. The lowest BCUT2D eigenvalue weighted by Gasteiger charge is -2.10. The first-order valence-corrected chi connectivity index (χ1v) is 25.2. The molecule has 0 amide bonds. The molecule has 0 fully saturated rings. The Kier molecular flexibility index (Phi) is 9.78. The second-order valence-corrected chi connectivity index (χ2v) is 19.1. The maximum absolute atomic E-state index is 6.68. The summed E-state index contributed by atoms with van der Waals surface area (Å²) in [5.74, 6) is 1.79. The van der Waals surface area contributed by atoms with Gasteiger partial charge in [-0.25, -0.2) is 15.0 Å². The van der Waals surface area contributed by atoms with Crippen molar-refractivity contribution in [3.05, 3.63) is 255 Å². The van der Waals surface area contributed by atoms with Gasteiger partial charge < -0.3 is 13.4 Å². The Morgan fingerprint density at radius 2 is 0.733 bits per heavy atom. The fourth-order valence-corrected chi connectivity index (χ4v) is 11.0. The van der Waals surface area contributed by atoms with Crippen molar-refractivity contribution in [1.82, 2.24) is 19.5 Å². The average molecular weight is 959 g/mol. The SMILES string of the molecule is c1ccc(-c2ccc(-c3nc(-c4ccccc4)nc(-c4cccc5oc6cc(-c7cccc(-c8ccc9oc%10ccc(-n%11c%12ccccc%12c%12cc(-c%13ccccc%13)ccc%12%11)cc%10c9c8)c7)ccc6c45)n3)cc2)cc1. The van der Waals surface area contributed by atoms with Gasteiger partial charge in [0.05, 0.1) is 11.0 Å². The second-order valence-electron chi connectivity index (χ2n) is 19.1. The van der Waals surface area contributed by atoms with E-state index in [0.29, 0.717) is 17.5 Å². The van der Waals surface area contributed by atoms with E-state index in [1.54, 1.807) is 0 Å². The summed E-state index contributed by atoms with van der Waals surface area (Å²) in [5.41, 5.74) is 18.4. The Bertz CT molecular complexity index is 4690. The van der Waals surface area contributed by atoms with Gasteiger partial charge in [0.1, 0.15) is 22.3 Å². The number of furan rings is 2. The first kappa shape index (κ1) is 42.5. The molecule has 6 heteroatoms. The van der Waals surface area contributed by atoms with Gasteiger partial charge in [-0.15, -0.1) is 0 Å². The van der Waals surface area contributed by atoms with Crippen LogP contribution in [0.2, 0.25) is 0 Å². The predicted molar refractivity (Wildman–Crippen MR) is 307 cm³/mol. The van der Waals surface area contributed by atoms with Crippen molar-refractivity contribution < 1.29 is 8.83 Å². The minimum Gasteiger partial charge on any atom is -0.456 e. The number of benzene rings is 11. The Labute approximate surface area is 431 Å². The zero-order valence-corrected chi connectivity index (χ0v) is 40.4. The van der Waals surface area contributed by atoms with Crippen molar-refractivity contribution in [2.45, 2.75) is 0 Å². The highest BCUT2D eigenvalue weighted by atomic mass is 16.3. The summed E-state index contributed by atoms with van der Waals surface area (Å²) in [6.45, 7) is 0. The highest BCUT2D eigenvalue weighted by Gasteiger charge is 2.20. The zero-order valence-electron chi connectivity index (χ0n) is 40.4. The maximum Gasteiger partial charge on any atom is 0.164 e. The molecule has 0 radical (unpaired) electrons. The van der Waals surface area contributed by atoms with Gasteiger partial charge in [0.15, 0.2) is 17.5 Å². The molecule has 0 spiro atoms. The van der Waals surface area contributed by atoms with Gasteiger partial charge in [-0.05, 0) is 117 Å². The number of aromatic nitrogens is 4. The summed E-state index contributed by atoms with van der Waals surface area (Å²) >= 11 is 0. The second kappa shape index (κ2) is 17.3. The van der Waals surface area contributed by atoms with E-state index < -0.39 is 0 Å². The lowest BCUT2D eigenvalue weighted by Crippen LogP contribution is -2.00. The topological polar surface area (TPSA) is 69.9 Å². The van der Waals surface area contributed by atoms with Crippen LogP contribution in [0.3, 0.4) is 0 Å². The van der Waals surface area contributed by atoms with E-state index in [9.17, 15) is 0 Å². The molecule has 4 heterocycles. The Morgan fingerprint density at radius 1 is 0.253 bits per heavy atom. The molecule has 15 aromatic rings. The van der Waals surface area contributed by atoms with Crippen LogP contribution < -0.4 is 0 Å². The molecule has 4 aromatic heterocycles. The summed E-state index contributed by atoms with van der Waals surface area (Å²) in [6.07, 6.45) is 0. The molecule has 0 aliphatic carbocycles. The number of rotatable bonds is 8. The van der Waals surface area contributed by atoms with Crippen molar-refractivity contribution in [3.8, 4) is 84.4 Å². The van der Waals surface area contributed by atoms with Crippen molar-refractivity contribution in [1.29, 1.82) is 0 Å². The lowest BCUT2D eigenvalue weighted by molar-refractivity contribution is 0.668. The van der Waals surface area contributed by atoms with E-state index in [0.717, 1.165) is 105 Å². The van der Waals surface area contributed by atoms with Gasteiger partial charge in [-0.2, -0.15) is 0 Å². The number of hydrogen-bond acceptors (Lipinski definition) is 5. The van der Waals surface area contributed by atoms with Gasteiger partial charge in [0.2, 0.25) is 0 Å². The highest BCUT2D eigenvalue weighted by Crippen LogP contribution is 2.41. The highest BCUT2D eigenvalue weighted by molar-refractivity contribution is 6.14. The summed E-state index contributed by atoms with van der Waals surface area (Å²) in [4.78, 5) is 15.3. The lowest BCUT2D eigenvalue weighted by atomic mass is 9.97. The Hall–Kier alpha value is -10.2. The smallest absolute Gasteiger partial charge is 0.164 e. The molecular weight excluding hydrogens is 917 g/mol. The van der Waals surface area contributed by atoms with Gasteiger partial charge >= 0.3 is 0 Å². The first-order chi connectivity index (χ1) is 37.1. The van der Waals surface area contributed by atoms with E-state index >= 15 is 0 Å². The summed E-state index contributed by atoms with van der Waals surface area (Å²) in [7, 11) is 0. The van der Waals surface area contributed by atoms with Crippen LogP contribution in [0.25, 0.3) is 150 Å². The number of hydrogen-bond donors (Lipinski definition) is 0. The number of para-hydroxylation sites is 1. The molecule has 0 atom stereocenters. The molecule has 75 heavy (non-hydrogen) atoms. The van der Waals surface area contributed by atoms with Gasteiger partial charge in [0, 0.05) is 54.7 Å². The van der Waals surface area contributed by atoms with Crippen molar-refractivity contribution in [2.24, 2.45) is 0 Å². The van der Waals surface area contributed by atoms with Gasteiger partial charge in [-0.1, -0.05) is 182 Å². The monoisotopic (exact) mass is 958 g/mol. The molecule has 0 aliphatic heterocycles. The van der Waals surface area contributed by atoms with Crippen molar-refractivity contribution >= 4 is 65.7 Å². The van der Waals surface area contributed by atoms with Crippen LogP contribution in [-0.2, 0) is 0 Å². The van der Waals surface area contributed by atoms with Gasteiger partial charge in [-0.3, -0.25) is 0 Å². The van der Waals surface area contributed by atoms with Crippen LogP contribution in [-0.4, -0.2) is 19.5 Å². The predicted octanol–water partition coefficient (Wildman–Crippen LogP) is 18.4. The number of nitrogens with zero attached hydrogens (tertiary/aromatic N) is 4. The minimum atomic E-state index is 0.582. The molecule has 0 aliphatic rings. The number of fused-ring (bicyclic) bond motifs is 9. The Morgan fingerprint density at radius 3 is 1.49 bits per heavy atom. The molecule has 0 unspecified atom stereocenters. The summed E-state index contributed by atoms with van der Waals surface area (Å²) < 4.78 is 15.5. The standard InChI is InChI=1S/C69H42N4O2/c1-4-14-43(15-5-1)45-26-28-47(29-27-45)68-70-67(46-18-8-3-9-19-46)71-69(72-68)56-23-13-25-64-66(56)55-34-30-52(41-65(55)75-64)49-21-12-20-48(38-49)51-32-36-62-58(40-51)59-42-53(33-37-63(59)74-62)73-60-24-11-10-22-54(60)57-39-50(31-35-61(57)73)44-16-6-2-7-17-44/h1-42H. The third-order valence-electron chi connectivity index (χ3n) is 14.7. The molecule has 6 nitrogen and oxygen atoms in total. The fourth-order valence-electron chi connectivity index (χ4n) is 11.0. The summed E-state index contributed by atoms with van der Waals surface area (Å²) in [6, 6.07) is 89.4. The van der Waals surface area contributed by atoms with E-state index in [-0.39, 0.29) is 0 Å². The van der Waals surface area contributed by atoms with E-state index in [1.807, 2.05) is 48.5 Å². The van der Waals surface area contributed by atoms with Gasteiger partial charge in [0.25, 0.3) is 0 Å². The van der Waals surface area contributed by atoms with Crippen LogP contribution in [0.5, 0.6) is 0 Å². The van der Waals surface area contributed by atoms with E-state index in [4.69, 9.17) is 23.8 Å². The van der Waals surface area contributed by atoms with Crippen LogP contribution in [0.1, 0.15) is 0 Å². The summed E-state index contributed by atoms with van der Waals surface area (Å²) in [5, 5.41) is 6.55. The van der Waals surface area contributed by atoms with E-state index in [1.165, 1.54) is 27.4 Å². The first-order valence-electron chi connectivity index (χ1n) is 25.2. The zero-order chi connectivity index (χ0) is 49.4. The minimum absolute atomic E-state index is 0.582. The van der Waals surface area contributed by atoms with Crippen LogP contribution in [0.4, 0.5) is 0 Å². The average Bonchev–Trinajstić information content (AvgIpc) is 4.20. The Balaban J connectivity index is 0.783.